The third-order valence-corrected chi connectivity index (χ3v) is 4.45. The van der Waals surface area contributed by atoms with Crippen LogP contribution in [-0.2, 0) is 0 Å². The molecular weight excluding hydrogens is 364 g/mol. The second-order valence-electron chi connectivity index (χ2n) is 5.87. The SMILES string of the molecule is COc1c(C(=O)O)cc(-c2nn3cnnc3c3ccccc23)c(OC)c1OC. The summed E-state index contributed by atoms with van der Waals surface area (Å²) in [5.74, 6) is -0.594. The van der Waals surface area contributed by atoms with Crippen molar-refractivity contribution >= 4 is 22.4 Å². The van der Waals surface area contributed by atoms with Gasteiger partial charge in [0, 0.05) is 16.3 Å². The van der Waals surface area contributed by atoms with Gasteiger partial charge >= 0.3 is 5.97 Å². The van der Waals surface area contributed by atoms with Gasteiger partial charge < -0.3 is 19.3 Å². The number of rotatable bonds is 5. The molecule has 0 spiro atoms. The fourth-order valence-corrected chi connectivity index (χ4v) is 3.27. The van der Waals surface area contributed by atoms with Crippen LogP contribution in [-0.4, -0.2) is 52.2 Å². The number of carbonyl (C=O) groups is 1. The molecule has 0 amide bonds. The van der Waals surface area contributed by atoms with Crippen LogP contribution in [0.25, 0.3) is 27.7 Å². The molecule has 0 aliphatic heterocycles. The van der Waals surface area contributed by atoms with Crippen molar-refractivity contribution in [1.29, 1.82) is 0 Å². The second-order valence-corrected chi connectivity index (χ2v) is 5.87. The summed E-state index contributed by atoms with van der Waals surface area (Å²) >= 11 is 0. The Hall–Kier alpha value is -3.88. The van der Waals surface area contributed by atoms with Crippen LogP contribution < -0.4 is 14.2 Å². The lowest BCUT2D eigenvalue weighted by Gasteiger charge is -2.18. The van der Waals surface area contributed by atoms with Crippen LogP contribution in [0.4, 0.5) is 0 Å². The Balaban J connectivity index is 2.17. The van der Waals surface area contributed by atoms with Crippen LogP contribution in [0.5, 0.6) is 17.2 Å². The summed E-state index contributed by atoms with van der Waals surface area (Å²) in [4.78, 5) is 11.8. The minimum absolute atomic E-state index is 0.0649. The van der Waals surface area contributed by atoms with Crippen LogP contribution in [0.1, 0.15) is 10.4 Å². The van der Waals surface area contributed by atoms with Gasteiger partial charge in [-0.2, -0.15) is 9.61 Å². The van der Waals surface area contributed by atoms with E-state index in [0.29, 0.717) is 22.7 Å². The van der Waals surface area contributed by atoms with E-state index in [1.165, 1.54) is 38.2 Å². The van der Waals surface area contributed by atoms with Gasteiger partial charge in [0.15, 0.2) is 17.1 Å². The standard InChI is InChI=1S/C19H16N4O5/c1-26-15-12(8-13(19(24)25)16(27-2)17(15)28-3)14-10-6-4-5-7-11(10)18-21-20-9-23(18)22-14/h4-9H,1-3H3,(H,24,25). The molecular formula is C19H16N4O5. The molecule has 4 rings (SSSR count). The number of fused-ring (bicyclic) bond motifs is 3. The van der Waals surface area contributed by atoms with Crippen molar-refractivity contribution in [2.24, 2.45) is 0 Å². The first kappa shape index (κ1) is 17.5. The van der Waals surface area contributed by atoms with Gasteiger partial charge in [0.25, 0.3) is 0 Å². The van der Waals surface area contributed by atoms with Gasteiger partial charge in [-0.05, 0) is 6.07 Å². The molecule has 0 radical (unpaired) electrons. The minimum atomic E-state index is -1.16. The molecule has 142 valence electrons. The van der Waals surface area contributed by atoms with E-state index in [4.69, 9.17) is 14.2 Å². The fraction of sp³-hybridized carbons (Fsp3) is 0.158. The summed E-state index contributed by atoms with van der Waals surface area (Å²) in [6.07, 6.45) is 1.48. The Bertz CT molecular complexity index is 1220. The molecule has 1 N–H and O–H groups in total. The second kappa shape index (κ2) is 6.69. The lowest BCUT2D eigenvalue weighted by Crippen LogP contribution is -2.06. The van der Waals surface area contributed by atoms with Gasteiger partial charge in [-0.3, -0.25) is 0 Å². The zero-order chi connectivity index (χ0) is 19.8. The maximum absolute atomic E-state index is 11.8. The van der Waals surface area contributed by atoms with Gasteiger partial charge in [0.05, 0.1) is 21.3 Å². The van der Waals surface area contributed by atoms with E-state index < -0.39 is 5.97 Å². The van der Waals surface area contributed by atoms with Crippen molar-refractivity contribution in [3.63, 3.8) is 0 Å². The highest BCUT2D eigenvalue weighted by Gasteiger charge is 2.27. The molecule has 2 aromatic carbocycles. The number of benzene rings is 2. The van der Waals surface area contributed by atoms with E-state index in [9.17, 15) is 9.90 Å². The average Bonchev–Trinajstić information content (AvgIpc) is 3.20. The van der Waals surface area contributed by atoms with Crippen molar-refractivity contribution in [1.82, 2.24) is 19.8 Å². The van der Waals surface area contributed by atoms with Crippen LogP contribution in [0, 0.1) is 0 Å². The van der Waals surface area contributed by atoms with E-state index in [0.717, 1.165) is 10.8 Å². The number of carboxylic acid groups (broad SMARTS) is 1. The Labute approximate surface area is 159 Å². The molecule has 9 heteroatoms. The molecule has 0 bridgehead atoms. The number of ether oxygens (including phenoxy) is 3. The Morgan fingerprint density at radius 3 is 2.32 bits per heavy atom. The van der Waals surface area contributed by atoms with Gasteiger partial charge in [-0.15, -0.1) is 10.2 Å². The summed E-state index contributed by atoms with van der Waals surface area (Å²) in [5, 5.41) is 23.9. The highest BCUT2D eigenvalue weighted by Crippen LogP contribution is 2.47. The quantitative estimate of drug-likeness (QED) is 0.563. The molecule has 28 heavy (non-hydrogen) atoms. The van der Waals surface area contributed by atoms with Gasteiger partial charge in [0.2, 0.25) is 5.75 Å². The van der Waals surface area contributed by atoms with Crippen molar-refractivity contribution < 1.29 is 24.1 Å². The van der Waals surface area contributed by atoms with E-state index in [1.807, 2.05) is 24.3 Å². The maximum atomic E-state index is 11.8. The highest BCUT2D eigenvalue weighted by molar-refractivity contribution is 6.04. The Morgan fingerprint density at radius 1 is 1.00 bits per heavy atom. The summed E-state index contributed by atoms with van der Waals surface area (Å²) in [6, 6.07) is 8.99. The predicted octanol–water partition coefficient (Wildman–Crippen LogP) is 2.67. The van der Waals surface area contributed by atoms with Crippen molar-refractivity contribution in [3.8, 4) is 28.5 Å². The number of nitrogens with zero attached hydrogens (tertiary/aromatic N) is 4. The number of carboxylic acids is 1. The van der Waals surface area contributed by atoms with E-state index in [1.54, 1.807) is 0 Å². The molecule has 0 fully saturated rings. The van der Waals surface area contributed by atoms with Crippen molar-refractivity contribution in [2.45, 2.75) is 0 Å². The molecule has 0 saturated carbocycles. The number of methoxy groups -OCH3 is 3. The number of aromatic nitrogens is 4. The number of aromatic carboxylic acids is 1. The first-order valence-electron chi connectivity index (χ1n) is 8.26. The summed E-state index contributed by atoms with van der Waals surface area (Å²) in [7, 11) is 4.27. The third kappa shape index (κ3) is 2.48. The zero-order valence-electron chi connectivity index (χ0n) is 15.3. The van der Waals surface area contributed by atoms with Crippen LogP contribution in [0.2, 0.25) is 0 Å². The topological polar surface area (TPSA) is 108 Å². The first-order valence-corrected chi connectivity index (χ1v) is 8.26. The van der Waals surface area contributed by atoms with Gasteiger partial charge in [-0.25, -0.2) is 4.79 Å². The normalized spacial score (nSPS) is 11.0. The third-order valence-electron chi connectivity index (χ3n) is 4.45. The maximum Gasteiger partial charge on any atom is 0.339 e. The minimum Gasteiger partial charge on any atom is -0.492 e. The smallest absolute Gasteiger partial charge is 0.339 e. The predicted molar refractivity (Wildman–Crippen MR) is 100 cm³/mol. The molecule has 0 unspecified atom stereocenters. The summed E-state index contributed by atoms with van der Waals surface area (Å²) in [5.41, 5.74) is 1.48. The van der Waals surface area contributed by atoms with Crippen LogP contribution >= 0.6 is 0 Å². The first-order chi connectivity index (χ1) is 13.6. The number of hydrogen-bond donors (Lipinski definition) is 1. The highest BCUT2D eigenvalue weighted by atomic mass is 16.5. The molecule has 0 aliphatic rings. The largest absolute Gasteiger partial charge is 0.492 e. The molecule has 4 aromatic rings. The van der Waals surface area contributed by atoms with Crippen LogP contribution in [0.15, 0.2) is 36.7 Å². The lowest BCUT2D eigenvalue weighted by atomic mass is 10.00. The molecule has 2 aromatic heterocycles. The summed E-state index contributed by atoms with van der Waals surface area (Å²) in [6.45, 7) is 0. The molecule has 0 atom stereocenters. The van der Waals surface area contributed by atoms with Gasteiger partial charge in [0.1, 0.15) is 17.6 Å². The van der Waals surface area contributed by atoms with E-state index in [-0.39, 0.29) is 17.1 Å². The molecule has 2 heterocycles. The molecule has 9 nitrogen and oxygen atoms in total. The average molecular weight is 380 g/mol. The lowest BCUT2D eigenvalue weighted by molar-refractivity contribution is 0.0692. The van der Waals surface area contributed by atoms with Gasteiger partial charge in [-0.1, -0.05) is 24.3 Å². The van der Waals surface area contributed by atoms with E-state index in [2.05, 4.69) is 15.3 Å². The zero-order valence-corrected chi connectivity index (χ0v) is 15.3. The summed E-state index contributed by atoms with van der Waals surface area (Å²) < 4.78 is 17.8. The van der Waals surface area contributed by atoms with Crippen molar-refractivity contribution in [3.05, 3.63) is 42.2 Å². The Kier molecular flexibility index (Phi) is 4.19. The number of hydrogen-bond acceptors (Lipinski definition) is 7. The monoisotopic (exact) mass is 380 g/mol. The fourth-order valence-electron chi connectivity index (χ4n) is 3.27. The molecule has 0 aliphatic carbocycles. The van der Waals surface area contributed by atoms with Crippen molar-refractivity contribution in [2.75, 3.05) is 21.3 Å². The van der Waals surface area contributed by atoms with E-state index >= 15 is 0 Å². The molecule has 0 saturated heterocycles. The Morgan fingerprint density at radius 2 is 1.68 bits per heavy atom. The van der Waals surface area contributed by atoms with Crippen LogP contribution in [0.3, 0.4) is 0 Å².